The molecule has 0 radical (unpaired) electrons. The molecule has 3 heterocycles. The molecule has 2 aromatic rings. The maximum Gasteiger partial charge on any atom is 0.231 e. The number of hydrogen-bond acceptors (Lipinski definition) is 5. The molecule has 1 saturated heterocycles. The number of rotatable bonds is 7. The number of likely N-dealkylation sites (N-methyl/N-ethyl adjacent to an activating group) is 1. The smallest absolute Gasteiger partial charge is 0.231 e. The van der Waals surface area contributed by atoms with Crippen LogP contribution in [0.3, 0.4) is 0 Å². The topological polar surface area (TPSA) is 77.1 Å². The maximum absolute atomic E-state index is 12.9. The average Bonchev–Trinajstić information content (AvgIpc) is 3.50. The molecule has 0 aromatic heterocycles. The van der Waals surface area contributed by atoms with E-state index in [1.54, 1.807) is 4.90 Å². The van der Waals surface area contributed by atoms with Crippen molar-refractivity contribution < 1.29 is 23.8 Å². The molecule has 0 bridgehead atoms. The van der Waals surface area contributed by atoms with Gasteiger partial charge in [-0.05, 0) is 48.6 Å². The van der Waals surface area contributed by atoms with Crippen molar-refractivity contribution in [2.75, 3.05) is 20.4 Å². The minimum Gasteiger partial charge on any atom is -0.488 e. The van der Waals surface area contributed by atoms with Crippen LogP contribution in [0.15, 0.2) is 42.5 Å². The lowest BCUT2D eigenvalue weighted by molar-refractivity contribution is -0.131. The Labute approximate surface area is 187 Å². The summed E-state index contributed by atoms with van der Waals surface area (Å²) in [5.74, 6) is 2.50. The quantitative estimate of drug-likeness (QED) is 0.722. The SMILES string of the molecule is CN(CC1Cc2ccccc2O1)C(=O)CCC1(Cc2ccc3c(c2)OCO3)CCC(=O)N1. The third kappa shape index (κ3) is 4.24. The molecule has 2 atom stereocenters. The fourth-order valence-corrected chi connectivity index (χ4v) is 4.92. The zero-order valence-electron chi connectivity index (χ0n) is 18.3. The second-order valence-electron chi connectivity index (χ2n) is 9.02. The zero-order chi connectivity index (χ0) is 22.1. The van der Waals surface area contributed by atoms with E-state index in [0.717, 1.165) is 35.7 Å². The van der Waals surface area contributed by atoms with Gasteiger partial charge in [0.2, 0.25) is 18.6 Å². The first-order chi connectivity index (χ1) is 15.5. The van der Waals surface area contributed by atoms with E-state index in [-0.39, 0.29) is 24.7 Å². The molecular weight excluding hydrogens is 408 g/mol. The minimum absolute atomic E-state index is 0.0184. The zero-order valence-corrected chi connectivity index (χ0v) is 18.3. The van der Waals surface area contributed by atoms with Gasteiger partial charge >= 0.3 is 0 Å². The van der Waals surface area contributed by atoms with Crippen LogP contribution < -0.4 is 19.5 Å². The molecule has 2 amide bonds. The summed E-state index contributed by atoms with van der Waals surface area (Å²) in [7, 11) is 1.83. The monoisotopic (exact) mass is 436 g/mol. The van der Waals surface area contributed by atoms with Crippen molar-refractivity contribution in [3.63, 3.8) is 0 Å². The van der Waals surface area contributed by atoms with Gasteiger partial charge < -0.3 is 24.4 Å². The molecule has 32 heavy (non-hydrogen) atoms. The van der Waals surface area contributed by atoms with Gasteiger partial charge in [-0.25, -0.2) is 0 Å². The third-order valence-electron chi connectivity index (χ3n) is 6.65. The van der Waals surface area contributed by atoms with Gasteiger partial charge in [0.1, 0.15) is 11.9 Å². The molecule has 168 valence electrons. The van der Waals surface area contributed by atoms with Gasteiger partial charge in [0, 0.05) is 31.8 Å². The van der Waals surface area contributed by atoms with Gasteiger partial charge in [-0.2, -0.15) is 0 Å². The maximum atomic E-state index is 12.9. The highest BCUT2D eigenvalue weighted by atomic mass is 16.7. The molecule has 0 aliphatic carbocycles. The molecule has 7 heteroatoms. The van der Waals surface area contributed by atoms with Crippen molar-refractivity contribution in [2.24, 2.45) is 0 Å². The molecule has 1 fully saturated rings. The minimum atomic E-state index is -0.415. The highest BCUT2D eigenvalue weighted by Gasteiger charge is 2.38. The van der Waals surface area contributed by atoms with Gasteiger partial charge in [-0.1, -0.05) is 24.3 Å². The number of amides is 2. The Hall–Kier alpha value is -3.22. The molecule has 2 aromatic carbocycles. The van der Waals surface area contributed by atoms with Crippen LogP contribution in [-0.4, -0.2) is 48.7 Å². The molecular formula is C25H28N2O5. The van der Waals surface area contributed by atoms with Crippen LogP contribution in [0, 0.1) is 0 Å². The molecule has 7 nitrogen and oxygen atoms in total. The Balaban J connectivity index is 1.19. The molecule has 2 unspecified atom stereocenters. The summed E-state index contributed by atoms with van der Waals surface area (Å²) in [5, 5.41) is 3.16. The van der Waals surface area contributed by atoms with E-state index in [2.05, 4.69) is 11.4 Å². The molecule has 5 rings (SSSR count). The van der Waals surface area contributed by atoms with Crippen LogP contribution >= 0.6 is 0 Å². The third-order valence-corrected chi connectivity index (χ3v) is 6.65. The second kappa shape index (κ2) is 8.37. The number of para-hydroxylation sites is 1. The normalized spacial score (nSPS) is 22.9. The van der Waals surface area contributed by atoms with Gasteiger partial charge in [0.05, 0.1) is 6.54 Å². The Morgan fingerprint density at radius 1 is 1.16 bits per heavy atom. The number of fused-ring (bicyclic) bond motifs is 2. The van der Waals surface area contributed by atoms with E-state index in [1.807, 2.05) is 43.4 Å². The van der Waals surface area contributed by atoms with Crippen LogP contribution in [0.2, 0.25) is 0 Å². The first kappa shape index (κ1) is 20.7. The number of benzene rings is 2. The standard InChI is InChI=1S/C25H28N2O5/c1-27(15-19-13-18-4-2-3-5-20(18)32-19)24(29)9-11-25(10-8-23(28)26-25)14-17-6-7-21-22(12-17)31-16-30-21/h2-7,12,19H,8-11,13-16H2,1H3,(H,26,28). The second-order valence-corrected chi connectivity index (χ2v) is 9.02. The highest BCUT2D eigenvalue weighted by molar-refractivity contribution is 5.80. The van der Waals surface area contributed by atoms with E-state index < -0.39 is 5.54 Å². The average molecular weight is 437 g/mol. The molecule has 3 aliphatic rings. The van der Waals surface area contributed by atoms with Gasteiger partial charge in [-0.15, -0.1) is 0 Å². The fourth-order valence-electron chi connectivity index (χ4n) is 4.92. The Kier molecular flexibility index (Phi) is 5.41. The number of carbonyl (C=O) groups is 2. The predicted molar refractivity (Wildman–Crippen MR) is 118 cm³/mol. The summed E-state index contributed by atoms with van der Waals surface area (Å²) in [6.07, 6.45) is 3.64. The number of hydrogen-bond donors (Lipinski definition) is 1. The fraction of sp³-hybridized carbons (Fsp3) is 0.440. The molecule has 0 saturated carbocycles. The summed E-state index contributed by atoms with van der Waals surface area (Å²) >= 11 is 0. The van der Waals surface area contributed by atoms with E-state index in [4.69, 9.17) is 14.2 Å². The summed E-state index contributed by atoms with van der Waals surface area (Å²) < 4.78 is 16.9. The summed E-state index contributed by atoms with van der Waals surface area (Å²) in [4.78, 5) is 26.7. The van der Waals surface area contributed by atoms with Crippen molar-refractivity contribution in [1.29, 1.82) is 0 Å². The Morgan fingerprint density at radius 3 is 2.81 bits per heavy atom. The van der Waals surface area contributed by atoms with E-state index in [9.17, 15) is 9.59 Å². The molecule has 3 aliphatic heterocycles. The van der Waals surface area contributed by atoms with Crippen molar-refractivity contribution in [1.82, 2.24) is 10.2 Å². The number of carbonyl (C=O) groups excluding carboxylic acids is 2. The summed E-state index contributed by atoms with van der Waals surface area (Å²) in [6, 6.07) is 13.9. The van der Waals surface area contributed by atoms with Gasteiger partial charge in [0.25, 0.3) is 0 Å². The number of nitrogens with one attached hydrogen (secondary N) is 1. The highest BCUT2D eigenvalue weighted by Crippen LogP contribution is 2.36. The van der Waals surface area contributed by atoms with Crippen LogP contribution in [-0.2, 0) is 22.4 Å². The Bertz CT molecular complexity index is 1010. The van der Waals surface area contributed by atoms with Crippen LogP contribution in [0.25, 0.3) is 0 Å². The number of ether oxygens (including phenoxy) is 3. The van der Waals surface area contributed by atoms with Crippen LogP contribution in [0.4, 0.5) is 0 Å². The number of nitrogens with zero attached hydrogens (tertiary/aromatic N) is 1. The first-order valence-electron chi connectivity index (χ1n) is 11.2. The van der Waals surface area contributed by atoms with Crippen molar-refractivity contribution in [2.45, 2.75) is 50.2 Å². The molecule has 0 spiro atoms. The van der Waals surface area contributed by atoms with Crippen LogP contribution in [0.5, 0.6) is 17.2 Å². The van der Waals surface area contributed by atoms with Crippen molar-refractivity contribution in [3.8, 4) is 17.2 Å². The van der Waals surface area contributed by atoms with E-state index in [0.29, 0.717) is 32.2 Å². The lowest BCUT2D eigenvalue weighted by Gasteiger charge is -2.30. The summed E-state index contributed by atoms with van der Waals surface area (Å²) in [6.45, 7) is 0.784. The van der Waals surface area contributed by atoms with E-state index in [1.165, 1.54) is 5.56 Å². The predicted octanol–water partition coefficient (Wildman–Crippen LogP) is 2.85. The van der Waals surface area contributed by atoms with Gasteiger partial charge in [0.15, 0.2) is 11.5 Å². The van der Waals surface area contributed by atoms with Crippen molar-refractivity contribution >= 4 is 11.8 Å². The van der Waals surface area contributed by atoms with E-state index >= 15 is 0 Å². The lowest BCUT2D eigenvalue weighted by Crippen LogP contribution is -2.45. The molecule has 1 N–H and O–H groups in total. The van der Waals surface area contributed by atoms with Crippen molar-refractivity contribution in [3.05, 3.63) is 53.6 Å². The van der Waals surface area contributed by atoms with Crippen LogP contribution in [0.1, 0.15) is 36.8 Å². The summed E-state index contributed by atoms with van der Waals surface area (Å²) in [5.41, 5.74) is 1.84. The van der Waals surface area contributed by atoms with Gasteiger partial charge in [-0.3, -0.25) is 9.59 Å². The first-order valence-corrected chi connectivity index (χ1v) is 11.2. The lowest BCUT2D eigenvalue weighted by atomic mass is 9.84. The largest absolute Gasteiger partial charge is 0.488 e. The Morgan fingerprint density at radius 2 is 2.00 bits per heavy atom.